The molecule has 1 aliphatic rings. The molecule has 1 N–H and O–H groups in total. The quantitative estimate of drug-likeness (QED) is 0.795. The minimum Gasteiger partial charge on any atom is -0.339 e. The third kappa shape index (κ3) is 2.77. The summed E-state index contributed by atoms with van der Waals surface area (Å²) in [6, 6.07) is 7.04. The summed E-state index contributed by atoms with van der Waals surface area (Å²) in [6.45, 7) is 1.80. The maximum Gasteiger partial charge on any atom is 0.272 e. The van der Waals surface area contributed by atoms with Crippen molar-refractivity contribution in [1.82, 2.24) is 25.4 Å². The van der Waals surface area contributed by atoms with Crippen molar-refractivity contribution < 1.29 is 9.32 Å². The first-order valence-electron chi connectivity index (χ1n) is 7.57. The summed E-state index contributed by atoms with van der Waals surface area (Å²) >= 11 is 0. The van der Waals surface area contributed by atoms with Crippen molar-refractivity contribution in [3.63, 3.8) is 0 Å². The zero-order valence-electron chi connectivity index (χ0n) is 12.6. The Morgan fingerprint density at radius 3 is 2.83 bits per heavy atom. The summed E-state index contributed by atoms with van der Waals surface area (Å²) in [6.07, 6.45) is 3.67. The Balaban J connectivity index is 1.50. The Labute approximate surface area is 132 Å². The van der Waals surface area contributed by atoms with E-state index in [1.165, 1.54) is 6.20 Å². The van der Waals surface area contributed by atoms with Crippen molar-refractivity contribution in [1.29, 1.82) is 0 Å². The van der Waals surface area contributed by atoms with E-state index in [4.69, 9.17) is 4.52 Å². The molecule has 2 heterocycles. The smallest absolute Gasteiger partial charge is 0.272 e. The molecule has 7 nitrogen and oxygen atoms in total. The second kappa shape index (κ2) is 5.42. The highest BCUT2D eigenvalue weighted by molar-refractivity contribution is 5.93. The molecule has 0 radical (unpaired) electrons. The van der Waals surface area contributed by atoms with E-state index >= 15 is 0 Å². The standard InChI is InChI=1S/C16H15N5O2/c1-9(16-20-14(21-23-16)10-6-7-10)18-15(22)13-8-17-11-4-2-3-5-12(11)19-13/h2-5,8-10H,6-7H2,1H3,(H,18,22)/t9-/m0/s1. The topological polar surface area (TPSA) is 93.8 Å². The van der Waals surface area contributed by atoms with Gasteiger partial charge in [0.05, 0.1) is 17.2 Å². The van der Waals surface area contributed by atoms with Crippen molar-refractivity contribution in [2.24, 2.45) is 0 Å². The van der Waals surface area contributed by atoms with Gasteiger partial charge in [0.25, 0.3) is 5.91 Å². The summed E-state index contributed by atoms with van der Waals surface area (Å²) in [5, 5.41) is 6.77. The van der Waals surface area contributed by atoms with Crippen molar-refractivity contribution >= 4 is 16.9 Å². The third-order valence-corrected chi connectivity index (χ3v) is 3.80. The molecule has 0 bridgehead atoms. The zero-order chi connectivity index (χ0) is 15.8. The molecule has 1 saturated carbocycles. The number of benzene rings is 1. The van der Waals surface area contributed by atoms with Gasteiger partial charge in [-0.25, -0.2) is 4.98 Å². The van der Waals surface area contributed by atoms with E-state index in [0.29, 0.717) is 17.3 Å². The van der Waals surface area contributed by atoms with Gasteiger partial charge in [0.1, 0.15) is 11.7 Å². The van der Waals surface area contributed by atoms with Crippen LogP contribution in [-0.2, 0) is 0 Å². The second-order valence-corrected chi connectivity index (χ2v) is 5.70. The Kier molecular flexibility index (Phi) is 3.25. The minimum absolute atomic E-state index is 0.262. The highest BCUT2D eigenvalue weighted by atomic mass is 16.5. The van der Waals surface area contributed by atoms with Gasteiger partial charge in [-0.15, -0.1) is 0 Å². The van der Waals surface area contributed by atoms with Crippen molar-refractivity contribution in [2.75, 3.05) is 0 Å². The Morgan fingerprint density at radius 1 is 1.26 bits per heavy atom. The van der Waals surface area contributed by atoms with E-state index in [1.54, 1.807) is 6.92 Å². The molecule has 116 valence electrons. The van der Waals surface area contributed by atoms with Gasteiger partial charge in [0, 0.05) is 5.92 Å². The van der Waals surface area contributed by atoms with Gasteiger partial charge < -0.3 is 9.84 Å². The largest absolute Gasteiger partial charge is 0.339 e. The number of hydrogen-bond donors (Lipinski definition) is 1. The van der Waals surface area contributed by atoms with Crippen LogP contribution in [0.15, 0.2) is 35.0 Å². The molecule has 0 saturated heterocycles. The second-order valence-electron chi connectivity index (χ2n) is 5.70. The molecule has 7 heteroatoms. The molecule has 4 rings (SSSR count). The van der Waals surface area contributed by atoms with Crippen LogP contribution in [0.2, 0.25) is 0 Å². The van der Waals surface area contributed by atoms with Gasteiger partial charge in [0.15, 0.2) is 5.82 Å². The number of carbonyl (C=O) groups excluding carboxylic acids is 1. The molecule has 1 atom stereocenters. The fourth-order valence-corrected chi connectivity index (χ4v) is 2.33. The molecular weight excluding hydrogens is 294 g/mol. The van der Waals surface area contributed by atoms with E-state index in [2.05, 4.69) is 25.4 Å². The summed E-state index contributed by atoms with van der Waals surface area (Å²) in [4.78, 5) is 25.2. The molecule has 23 heavy (non-hydrogen) atoms. The molecule has 1 fully saturated rings. The van der Waals surface area contributed by atoms with Crippen LogP contribution in [0.25, 0.3) is 11.0 Å². The fraction of sp³-hybridized carbons (Fsp3) is 0.312. The van der Waals surface area contributed by atoms with Gasteiger partial charge in [0.2, 0.25) is 5.89 Å². The van der Waals surface area contributed by atoms with E-state index in [1.807, 2.05) is 24.3 Å². The molecule has 1 aliphatic carbocycles. The van der Waals surface area contributed by atoms with Crippen LogP contribution < -0.4 is 5.32 Å². The number of amides is 1. The fourth-order valence-electron chi connectivity index (χ4n) is 2.33. The SMILES string of the molecule is C[C@H](NC(=O)c1cnc2ccccc2n1)c1nc(C2CC2)no1. The maximum atomic E-state index is 12.3. The monoisotopic (exact) mass is 309 g/mol. The first-order valence-corrected chi connectivity index (χ1v) is 7.57. The molecule has 1 aromatic carbocycles. The number of para-hydroxylation sites is 2. The zero-order valence-corrected chi connectivity index (χ0v) is 12.6. The summed E-state index contributed by atoms with van der Waals surface area (Å²) in [7, 11) is 0. The first-order chi connectivity index (χ1) is 11.2. The van der Waals surface area contributed by atoms with E-state index in [0.717, 1.165) is 24.2 Å². The molecule has 3 aromatic rings. The van der Waals surface area contributed by atoms with Crippen LogP contribution in [0.1, 0.15) is 53.9 Å². The number of nitrogens with zero attached hydrogens (tertiary/aromatic N) is 4. The average molecular weight is 309 g/mol. The van der Waals surface area contributed by atoms with Crippen LogP contribution in [0.3, 0.4) is 0 Å². The Hall–Kier alpha value is -2.83. The molecular formula is C16H15N5O2. The molecule has 0 spiro atoms. The van der Waals surface area contributed by atoms with Crippen LogP contribution in [0.4, 0.5) is 0 Å². The molecule has 0 unspecified atom stereocenters. The van der Waals surface area contributed by atoms with Crippen molar-refractivity contribution in [2.45, 2.75) is 31.7 Å². The first kappa shape index (κ1) is 13.8. The minimum atomic E-state index is -0.379. The number of rotatable bonds is 4. The molecule has 2 aromatic heterocycles. The maximum absolute atomic E-state index is 12.3. The Bertz CT molecular complexity index is 872. The third-order valence-electron chi connectivity index (χ3n) is 3.80. The Morgan fingerprint density at radius 2 is 2.04 bits per heavy atom. The normalized spacial score (nSPS) is 15.5. The van der Waals surface area contributed by atoms with Crippen molar-refractivity contribution in [3.05, 3.63) is 47.9 Å². The van der Waals surface area contributed by atoms with Gasteiger partial charge in [-0.2, -0.15) is 4.98 Å². The lowest BCUT2D eigenvalue weighted by Crippen LogP contribution is -2.27. The van der Waals surface area contributed by atoms with Crippen LogP contribution in [0, 0.1) is 0 Å². The van der Waals surface area contributed by atoms with Gasteiger partial charge >= 0.3 is 0 Å². The number of carbonyl (C=O) groups is 1. The van der Waals surface area contributed by atoms with Gasteiger partial charge in [-0.1, -0.05) is 17.3 Å². The lowest BCUT2D eigenvalue weighted by molar-refractivity contribution is 0.0927. The summed E-state index contributed by atoms with van der Waals surface area (Å²) < 4.78 is 5.22. The van der Waals surface area contributed by atoms with Crippen LogP contribution in [-0.4, -0.2) is 26.0 Å². The predicted octanol–water partition coefficient (Wildman–Crippen LogP) is 2.38. The van der Waals surface area contributed by atoms with Crippen LogP contribution in [0.5, 0.6) is 0 Å². The van der Waals surface area contributed by atoms with Gasteiger partial charge in [-0.3, -0.25) is 9.78 Å². The van der Waals surface area contributed by atoms with Gasteiger partial charge in [-0.05, 0) is 31.9 Å². The lowest BCUT2D eigenvalue weighted by atomic mass is 10.2. The number of nitrogens with one attached hydrogen (secondary N) is 1. The number of fused-ring (bicyclic) bond motifs is 1. The predicted molar refractivity (Wildman–Crippen MR) is 81.7 cm³/mol. The lowest BCUT2D eigenvalue weighted by Gasteiger charge is -2.09. The van der Waals surface area contributed by atoms with E-state index < -0.39 is 0 Å². The van der Waals surface area contributed by atoms with Crippen molar-refractivity contribution in [3.8, 4) is 0 Å². The number of aromatic nitrogens is 4. The highest BCUT2D eigenvalue weighted by Crippen LogP contribution is 2.38. The summed E-state index contributed by atoms with van der Waals surface area (Å²) in [5.74, 6) is 1.24. The number of hydrogen-bond acceptors (Lipinski definition) is 6. The van der Waals surface area contributed by atoms with E-state index in [-0.39, 0.29) is 17.6 Å². The average Bonchev–Trinajstić information content (AvgIpc) is 3.31. The summed E-state index contributed by atoms with van der Waals surface area (Å²) in [5.41, 5.74) is 1.70. The molecule has 0 aliphatic heterocycles. The van der Waals surface area contributed by atoms with E-state index in [9.17, 15) is 4.79 Å². The molecule has 1 amide bonds. The van der Waals surface area contributed by atoms with Crippen LogP contribution >= 0.6 is 0 Å². The highest BCUT2D eigenvalue weighted by Gasteiger charge is 2.30.